The van der Waals surface area contributed by atoms with Crippen molar-refractivity contribution in [1.29, 1.82) is 0 Å². The highest BCUT2D eigenvalue weighted by Crippen LogP contribution is 2.35. The van der Waals surface area contributed by atoms with E-state index in [4.69, 9.17) is 0 Å². The summed E-state index contributed by atoms with van der Waals surface area (Å²) in [6.45, 7) is 8.36. The average Bonchev–Trinajstić information content (AvgIpc) is 2.35. The van der Waals surface area contributed by atoms with Crippen molar-refractivity contribution in [2.24, 2.45) is 0 Å². The molecular weight excluding hydrogens is 248 g/mol. The van der Waals surface area contributed by atoms with Crippen LogP contribution in [0.5, 0.6) is 11.5 Å². The monoisotopic (exact) mass is 270 g/mol. The maximum absolute atomic E-state index is 10.5. The summed E-state index contributed by atoms with van der Waals surface area (Å²) in [4.78, 5) is 0. The van der Waals surface area contributed by atoms with E-state index >= 15 is 0 Å². The van der Waals surface area contributed by atoms with Crippen LogP contribution in [0.2, 0.25) is 0 Å². The minimum atomic E-state index is -0.0835. The summed E-state index contributed by atoms with van der Waals surface area (Å²) in [5.74, 6) is 0.647. The maximum Gasteiger partial charge on any atom is 0.122 e. The van der Waals surface area contributed by atoms with E-state index in [-0.39, 0.29) is 11.2 Å². The van der Waals surface area contributed by atoms with Crippen LogP contribution < -0.4 is 0 Å². The molecule has 2 nitrogen and oxygen atoms in total. The Hall–Kier alpha value is -1.96. The molecule has 0 aliphatic heterocycles. The van der Waals surface area contributed by atoms with Gasteiger partial charge in [0.1, 0.15) is 11.5 Å². The summed E-state index contributed by atoms with van der Waals surface area (Å²) in [7, 11) is 0. The van der Waals surface area contributed by atoms with Crippen molar-refractivity contribution in [3.8, 4) is 11.5 Å². The lowest BCUT2D eigenvalue weighted by Gasteiger charge is -2.23. The van der Waals surface area contributed by atoms with Gasteiger partial charge in [-0.1, -0.05) is 50.6 Å². The van der Waals surface area contributed by atoms with Crippen molar-refractivity contribution in [2.75, 3.05) is 0 Å². The summed E-state index contributed by atoms with van der Waals surface area (Å²) in [6, 6.07) is 11.2. The van der Waals surface area contributed by atoms with Crippen molar-refractivity contribution >= 4 is 0 Å². The highest BCUT2D eigenvalue weighted by molar-refractivity contribution is 5.48. The number of aromatic hydroxyl groups is 2. The molecule has 0 aromatic heterocycles. The smallest absolute Gasteiger partial charge is 0.122 e. The Balaban J connectivity index is 2.42. The van der Waals surface area contributed by atoms with Crippen LogP contribution in [-0.4, -0.2) is 10.2 Å². The Labute approximate surface area is 120 Å². The van der Waals surface area contributed by atoms with E-state index < -0.39 is 0 Å². The van der Waals surface area contributed by atoms with Crippen LogP contribution >= 0.6 is 0 Å². The van der Waals surface area contributed by atoms with Crippen molar-refractivity contribution in [3.63, 3.8) is 0 Å². The molecule has 2 N–H and O–H groups in total. The van der Waals surface area contributed by atoms with Gasteiger partial charge in [0.25, 0.3) is 0 Å². The second-order valence-corrected chi connectivity index (χ2v) is 6.41. The molecule has 0 atom stereocenters. The predicted octanol–water partition coefficient (Wildman–Crippen LogP) is 4.29. The Kier molecular flexibility index (Phi) is 3.76. The zero-order chi connectivity index (χ0) is 14.9. The third-order valence-corrected chi connectivity index (χ3v) is 3.47. The molecule has 106 valence electrons. The van der Waals surface area contributed by atoms with Gasteiger partial charge in [0.2, 0.25) is 0 Å². The van der Waals surface area contributed by atoms with E-state index in [0.29, 0.717) is 12.2 Å². The topological polar surface area (TPSA) is 40.5 Å². The normalized spacial score (nSPS) is 11.6. The lowest BCUT2D eigenvalue weighted by Crippen LogP contribution is -2.12. The van der Waals surface area contributed by atoms with Gasteiger partial charge in [0, 0.05) is 6.42 Å². The van der Waals surface area contributed by atoms with Crippen LogP contribution in [0.4, 0.5) is 0 Å². The van der Waals surface area contributed by atoms with Crippen LogP contribution in [0, 0.1) is 6.92 Å². The minimum absolute atomic E-state index is 0.0835. The molecule has 0 heterocycles. The zero-order valence-corrected chi connectivity index (χ0v) is 12.6. The molecule has 2 aromatic rings. The average molecular weight is 270 g/mol. The largest absolute Gasteiger partial charge is 0.508 e. The van der Waals surface area contributed by atoms with Gasteiger partial charge in [-0.15, -0.1) is 0 Å². The summed E-state index contributed by atoms with van der Waals surface area (Å²) >= 11 is 0. The number of aryl methyl sites for hydroxylation is 1. The van der Waals surface area contributed by atoms with Gasteiger partial charge < -0.3 is 10.2 Å². The molecule has 0 unspecified atom stereocenters. The van der Waals surface area contributed by atoms with Gasteiger partial charge in [-0.2, -0.15) is 0 Å². The van der Waals surface area contributed by atoms with E-state index in [9.17, 15) is 10.2 Å². The lowest BCUT2D eigenvalue weighted by atomic mass is 9.83. The van der Waals surface area contributed by atoms with Gasteiger partial charge in [0.05, 0.1) is 0 Å². The molecular formula is C18H22O2. The van der Waals surface area contributed by atoms with Gasteiger partial charge >= 0.3 is 0 Å². The maximum atomic E-state index is 10.5. The van der Waals surface area contributed by atoms with E-state index in [0.717, 1.165) is 22.3 Å². The van der Waals surface area contributed by atoms with Crippen LogP contribution in [0.3, 0.4) is 0 Å². The molecule has 2 rings (SSSR count). The molecule has 0 aliphatic rings. The summed E-state index contributed by atoms with van der Waals surface area (Å²) in [6.07, 6.45) is 0.664. The summed E-state index contributed by atoms with van der Waals surface area (Å²) in [5.41, 5.74) is 4.05. The molecule has 0 radical (unpaired) electrons. The van der Waals surface area contributed by atoms with Crippen molar-refractivity contribution in [1.82, 2.24) is 0 Å². The first kappa shape index (κ1) is 14.4. The fourth-order valence-electron chi connectivity index (χ4n) is 2.39. The second-order valence-electron chi connectivity index (χ2n) is 6.41. The van der Waals surface area contributed by atoms with Gasteiger partial charge in [0.15, 0.2) is 0 Å². The summed E-state index contributed by atoms with van der Waals surface area (Å²) in [5, 5.41) is 19.8. The van der Waals surface area contributed by atoms with Crippen LogP contribution in [0.25, 0.3) is 0 Å². The Morgan fingerprint density at radius 3 is 2.10 bits per heavy atom. The number of phenols is 2. The third kappa shape index (κ3) is 3.13. The standard InChI is InChI=1S/C18H22O2/c1-12-9-14(11-13-5-7-15(19)8-6-13)17(20)16(10-12)18(2,3)4/h5-10,19-20H,11H2,1-4H3. The molecule has 0 saturated heterocycles. The third-order valence-electron chi connectivity index (χ3n) is 3.47. The molecule has 2 aromatic carbocycles. The molecule has 0 aliphatic carbocycles. The molecule has 0 spiro atoms. The van der Waals surface area contributed by atoms with Crippen LogP contribution in [-0.2, 0) is 11.8 Å². The number of phenolic OH excluding ortho intramolecular Hbond substituents is 2. The molecule has 0 saturated carbocycles. The summed E-state index contributed by atoms with van der Waals surface area (Å²) < 4.78 is 0. The van der Waals surface area contributed by atoms with Crippen molar-refractivity contribution in [2.45, 2.75) is 39.5 Å². The molecule has 20 heavy (non-hydrogen) atoms. The SMILES string of the molecule is Cc1cc(Cc2ccc(O)cc2)c(O)c(C(C)(C)C)c1. The minimum Gasteiger partial charge on any atom is -0.508 e. The zero-order valence-electron chi connectivity index (χ0n) is 12.6. The molecule has 0 fully saturated rings. The second kappa shape index (κ2) is 5.20. The number of hydrogen-bond acceptors (Lipinski definition) is 2. The van der Waals surface area contributed by atoms with Crippen LogP contribution in [0.1, 0.15) is 43.0 Å². The van der Waals surface area contributed by atoms with Gasteiger partial charge in [-0.3, -0.25) is 0 Å². The lowest BCUT2D eigenvalue weighted by molar-refractivity contribution is 0.441. The first-order valence-corrected chi connectivity index (χ1v) is 6.88. The molecule has 2 heteroatoms. The van der Waals surface area contributed by atoms with E-state index in [2.05, 4.69) is 33.8 Å². The van der Waals surface area contributed by atoms with E-state index in [1.54, 1.807) is 12.1 Å². The van der Waals surface area contributed by atoms with E-state index in [1.807, 2.05) is 18.2 Å². The van der Waals surface area contributed by atoms with Crippen molar-refractivity contribution < 1.29 is 10.2 Å². The van der Waals surface area contributed by atoms with E-state index in [1.165, 1.54) is 0 Å². The van der Waals surface area contributed by atoms with Crippen molar-refractivity contribution in [3.05, 3.63) is 58.7 Å². The predicted molar refractivity (Wildman–Crippen MR) is 82.5 cm³/mol. The fraction of sp³-hybridized carbons (Fsp3) is 0.333. The van der Waals surface area contributed by atoms with Crippen LogP contribution in [0.15, 0.2) is 36.4 Å². The molecule has 0 amide bonds. The van der Waals surface area contributed by atoms with Gasteiger partial charge in [-0.25, -0.2) is 0 Å². The first-order valence-electron chi connectivity index (χ1n) is 6.88. The number of rotatable bonds is 2. The van der Waals surface area contributed by atoms with Gasteiger partial charge in [-0.05, 0) is 41.2 Å². The molecule has 0 bridgehead atoms. The Bertz CT molecular complexity index is 605. The highest BCUT2D eigenvalue weighted by Gasteiger charge is 2.20. The highest BCUT2D eigenvalue weighted by atomic mass is 16.3. The quantitative estimate of drug-likeness (QED) is 0.854. The first-order chi connectivity index (χ1) is 9.27. The number of hydrogen-bond donors (Lipinski definition) is 2. The fourth-order valence-corrected chi connectivity index (χ4v) is 2.39. The Morgan fingerprint density at radius 2 is 1.55 bits per heavy atom. The number of benzene rings is 2. The Morgan fingerprint density at radius 1 is 0.950 bits per heavy atom.